The number of rotatable bonds is 2. The first kappa shape index (κ1) is 14.5. The summed E-state index contributed by atoms with van der Waals surface area (Å²) in [6.07, 6.45) is 12.5. The van der Waals surface area contributed by atoms with Gasteiger partial charge in [-0.1, -0.05) is 16.7 Å². The molecule has 0 aromatic heterocycles. The molecule has 0 aromatic rings. The predicted octanol–water partition coefficient (Wildman–Crippen LogP) is 3.10. The third kappa shape index (κ3) is 3.15. The van der Waals surface area contributed by atoms with E-state index in [1.54, 1.807) is 18.2 Å². The average Bonchev–Trinajstić information content (AvgIpc) is 2.47. The van der Waals surface area contributed by atoms with Gasteiger partial charge in [-0.3, -0.25) is 0 Å². The maximum absolute atomic E-state index is 11.0. The maximum Gasteiger partial charge on any atom is 0.506 e. The minimum absolute atomic E-state index is 0.678. The van der Waals surface area contributed by atoms with Crippen molar-refractivity contribution in [2.75, 3.05) is 0 Å². The quantitative estimate of drug-likeness (QED) is 0.764. The summed E-state index contributed by atoms with van der Waals surface area (Å²) in [5.74, 6) is 0. The first-order valence-electron chi connectivity index (χ1n) is 6.40. The normalized spacial score (nSPS) is 20.0. The zero-order valence-electron chi connectivity index (χ0n) is 11.4. The second-order valence-electron chi connectivity index (χ2n) is 4.42. The van der Waals surface area contributed by atoms with Crippen molar-refractivity contribution in [3.63, 3.8) is 0 Å². The Labute approximate surface area is 122 Å². The molecule has 0 saturated heterocycles. The van der Waals surface area contributed by atoms with E-state index in [0.717, 1.165) is 32.9 Å². The van der Waals surface area contributed by atoms with Crippen molar-refractivity contribution >= 4 is 12.2 Å². The zero-order valence-corrected chi connectivity index (χ0v) is 11.4. The minimum Gasteiger partial charge on any atom is -0.419 e. The highest BCUT2D eigenvalue weighted by atomic mass is 16.4. The van der Waals surface area contributed by atoms with Crippen molar-refractivity contribution in [3.05, 3.63) is 59.7 Å². The van der Waals surface area contributed by atoms with Crippen LogP contribution in [0, 0.1) is 12.4 Å². The molecular weight excluding hydrogens is 272 g/mol. The van der Waals surface area contributed by atoms with Gasteiger partial charge in [-0.25, -0.2) is 0 Å². The number of hydrogen-bond donors (Lipinski definition) is 2. The van der Waals surface area contributed by atoms with Crippen LogP contribution < -0.4 is 0 Å². The van der Waals surface area contributed by atoms with Gasteiger partial charge in [0.25, 0.3) is 0 Å². The van der Waals surface area contributed by atoms with Crippen LogP contribution in [-0.4, -0.2) is 32.2 Å². The maximum atomic E-state index is 11.0. The predicted molar refractivity (Wildman–Crippen MR) is 74.5 cm³/mol. The van der Waals surface area contributed by atoms with Crippen molar-refractivity contribution in [3.8, 4) is 0 Å². The molecule has 0 atom stereocenters. The van der Waals surface area contributed by atoms with Gasteiger partial charge in [-0.2, -0.15) is 9.59 Å². The molecule has 0 unspecified atom stereocenters. The summed E-state index contributed by atoms with van der Waals surface area (Å²) in [6.45, 7) is 1.99. The molecule has 0 aliphatic carbocycles. The number of hydrogen-bond acceptors (Lipinski definition) is 2. The van der Waals surface area contributed by atoms with Crippen LogP contribution in [-0.2, 0) is 0 Å². The van der Waals surface area contributed by atoms with Gasteiger partial charge in [-0.05, 0) is 6.42 Å². The van der Waals surface area contributed by atoms with Gasteiger partial charge in [0.15, 0.2) is 0 Å². The topological polar surface area (TPSA) is 81.1 Å². The number of amides is 2. The number of carbonyl (C=O) groups is 2. The summed E-state index contributed by atoms with van der Waals surface area (Å²) >= 11 is 0. The fourth-order valence-electron chi connectivity index (χ4n) is 1.99. The Balaban J connectivity index is 2.33. The molecular formula is C15H14N2O4+2. The van der Waals surface area contributed by atoms with Gasteiger partial charge in [-0.15, -0.1) is 0 Å². The molecule has 6 heteroatoms. The monoisotopic (exact) mass is 286 g/mol. The molecule has 2 amide bonds. The van der Waals surface area contributed by atoms with Gasteiger partial charge in [0.05, 0.1) is 12.2 Å². The van der Waals surface area contributed by atoms with Crippen molar-refractivity contribution < 1.29 is 19.8 Å². The Kier molecular flexibility index (Phi) is 4.14. The zero-order chi connectivity index (χ0) is 15.4. The van der Waals surface area contributed by atoms with E-state index in [4.69, 9.17) is 10.2 Å². The third-order valence-electron chi connectivity index (χ3n) is 2.96. The molecule has 6 nitrogen and oxygen atoms in total. The smallest absolute Gasteiger partial charge is 0.419 e. The van der Waals surface area contributed by atoms with Gasteiger partial charge in [0.1, 0.15) is 47.6 Å². The van der Waals surface area contributed by atoms with Crippen LogP contribution in [0.1, 0.15) is 19.8 Å². The molecule has 0 fully saturated rings. The van der Waals surface area contributed by atoms with Crippen LogP contribution in [0.4, 0.5) is 9.59 Å². The second kappa shape index (κ2) is 6.01. The summed E-state index contributed by atoms with van der Waals surface area (Å²) in [6, 6.07) is 0. The molecule has 0 radical (unpaired) electrons. The van der Waals surface area contributed by atoms with E-state index in [0.29, 0.717) is 6.42 Å². The fourth-order valence-corrected chi connectivity index (χ4v) is 1.99. The number of allylic oxidation sites excluding steroid dienone is 6. The first-order valence-corrected chi connectivity index (χ1v) is 6.40. The van der Waals surface area contributed by atoms with Gasteiger partial charge < -0.3 is 10.2 Å². The van der Waals surface area contributed by atoms with E-state index in [9.17, 15) is 9.59 Å². The molecule has 0 aromatic carbocycles. The van der Waals surface area contributed by atoms with Crippen LogP contribution >= 0.6 is 0 Å². The summed E-state index contributed by atoms with van der Waals surface area (Å²) in [4.78, 5) is 23.7. The van der Waals surface area contributed by atoms with Crippen LogP contribution in [0.3, 0.4) is 0 Å². The van der Waals surface area contributed by atoms with Crippen molar-refractivity contribution in [1.82, 2.24) is 9.80 Å². The van der Waals surface area contributed by atoms with E-state index < -0.39 is 12.2 Å². The van der Waals surface area contributed by atoms with E-state index in [-0.39, 0.29) is 0 Å². The summed E-state index contributed by atoms with van der Waals surface area (Å²) < 4.78 is 0. The van der Waals surface area contributed by atoms with Gasteiger partial charge in [0, 0.05) is 6.42 Å². The lowest BCUT2D eigenvalue weighted by atomic mass is 9.94. The standard InChI is InChI=1S/C15H12N2O4/c1-2-3-12-10-17(15(20)21)9-6-13(12)11-4-7-16(8-5-11)14(18)19/h4-7,9H,2-3H2,1H3/p+2. The van der Waals surface area contributed by atoms with Crippen LogP contribution in [0.5, 0.6) is 0 Å². The third-order valence-corrected chi connectivity index (χ3v) is 2.96. The van der Waals surface area contributed by atoms with Gasteiger partial charge in [0.2, 0.25) is 0 Å². The van der Waals surface area contributed by atoms with Gasteiger partial charge >= 0.3 is 12.2 Å². The largest absolute Gasteiger partial charge is 0.506 e. The summed E-state index contributed by atoms with van der Waals surface area (Å²) in [5, 5.41) is 17.8. The molecule has 0 spiro atoms. The Bertz CT molecular complexity index is 595. The van der Waals surface area contributed by atoms with Crippen molar-refractivity contribution in [2.24, 2.45) is 0 Å². The van der Waals surface area contributed by atoms with Crippen molar-refractivity contribution in [1.29, 1.82) is 0 Å². The molecule has 2 N–H and O–H groups in total. The highest BCUT2D eigenvalue weighted by Crippen LogP contribution is 2.27. The highest BCUT2D eigenvalue weighted by Gasteiger charge is 2.29. The second-order valence-corrected chi connectivity index (χ2v) is 4.42. The number of carboxylic acid groups (broad SMARTS) is 2. The molecule has 2 aliphatic heterocycles. The molecule has 2 rings (SSSR count). The molecule has 106 valence electrons. The Hall–Kier alpha value is -2.94. The Morgan fingerprint density at radius 2 is 1.81 bits per heavy atom. The lowest BCUT2D eigenvalue weighted by molar-refractivity contribution is 0.172. The molecule has 2 heterocycles. The first-order chi connectivity index (χ1) is 10.0. The van der Waals surface area contributed by atoms with Crippen LogP contribution in [0.2, 0.25) is 0 Å². The van der Waals surface area contributed by atoms with E-state index in [2.05, 4.69) is 12.4 Å². The highest BCUT2D eigenvalue weighted by molar-refractivity contribution is 5.70. The van der Waals surface area contributed by atoms with Crippen molar-refractivity contribution in [2.45, 2.75) is 19.8 Å². The van der Waals surface area contributed by atoms with E-state index >= 15 is 0 Å². The molecule has 0 saturated carbocycles. The fraction of sp³-hybridized carbons (Fsp3) is 0.200. The molecule has 21 heavy (non-hydrogen) atoms. The SMILES string of the molecule is CCCC1=[C+]N(C(=O)O)C=CC1=C1C=[C+]N(C(=O)O)C=C1. The van der Waals surface area contributed by atoms with E-state index in [1.165, 1.54) is 12.4 Å². The summed E-state index contributed by atoms with van der Waals surface area (Å²) in [5.41, 5.74) is 2.36. The summed E-state index contributed by atoms with van der Waals surface area (Å²) in [7, 11) is 0. The Morgan fingerprint density at radius 1 is 1.14 bits per heavy atom. The lowest BCUT2D eigenvalue weighted by Crippen LogP contribution is -2.22. The van der Waals surface area contributed by atoms with Crippen LogP contribution in [0.25, 0.3) is 0 Å². The van der Waals surface area contributed by atoms with Crippen LogP contribution in [0.15, 0.2) is 47.3 Å². The molecule has 2 aliphatic rings. The Morgan fingerprint density at radius 3 is 2.33 bits per heavy atom. The molecule has 0 bridgehead atoms. The average molecular weight is 286 g/mol. The number of nitrogens with zero attached hydrogens (tertiary/aromatic N) is 2. The minimum atomic E-state index is -1.11. The van der Waals surface area contributed by atoms with E-state index in [1.807, 2.05) is 6.92 Å². The lowest BCUT2D eigenvalue weighted by Gasteiger charge is -2.10.